The fourth-order valence-corrected chi connectivity index (χ4v) is 6.31. The topological polar surface area (TPSA) is 130 Å². The van der Waals surface area contributed by atoms with Gasteiger partial charge in [0, 0.05) is 49.9 Å². The second-order valence-corrected chi connectivity index (χ2v) is 12.3. The first-order valence-corrected chi connectivity index (χ1v) is 15.4. The summed E-state index contributed by atoms with van der Waals surface area (Å²) in [5.74, 6) is -1.55. The van der Waals surface area contributed by atoms with Crippen LogP contribution in [-0.2, 0) is 20.0 Å². The quantitative estimate of drug-likeness (QED) is 0.359. The lowest BCUT2D eigenvalue weighted by molar-refractivity contribution is -0.144. The number of rotatable bonds is 6. The van der Waals surface area contributed by atoms with Gasteiger partial charge in [-0.3, -0.25) is 19.2 Å². The van der Waals surface area contributed by atoms with Crippen molar-refractivity contribution in [2.24, 2.45) is 0 Å². The van der Waals surface area contributed by atoms with Crippen molar-refractivity contribution in [3.05, 3.63) is 77.9 Å². The van der Waals surface area contributed by atoms with Crippen molar-refractivity contribution in [3.63, 3.8) is 0 Å². The van der Waals surface area contributed by atoms with Gasteiger partial charge < -0.3 is 29.8 Å². The Kier molecular flexibility index (Phi) is 8.97. The molecule has 4 amide bonds. The SMILES string of the molecule is CC(=O)N1CC[C@H]2CC[C@@H](C(=O)N(C)c3ccccc3)N2C(=O)[C@@H](NC(=O)c2ccc3cc(C(F)(F)P(O)O)ccc3c2)C1. The van der Waals surface area contributed by atoms with Crippen LogP contribution in [0, 0.1) is 0 Å². The molecule has 232 valence electrons. The standard InChI is InChI=1S/C31H33F2N4O6P/c1-19(38)36-15-14-25-12-13-27(30(41)35(2)24-6-4-3-5-7-24)37(25)29(40)26(18-36)34-28(39)22-9-8-21-17-23(11-10-20(21)16-22)31(32,33)44(42)43/h3-11,16-17,25-27,42-43H,12-15,18H2,1-2H3,(H,34,39)/t25-,26+,27+/m1/s1. The first-order valence-electron chi connectivity index (χ1n) is 14.2. The molecule has 3 aromatic rings. The van der Waals surface area contributed by atoms with Crippen LogP contribution in [0.1, 0.15) is 42.1 Å². The highest BCUT2D eigenvalue weighted by Crippen LogP contribution is 2.52. The van der Waals surface area contributed by atoms with Crippen LogP contribution in [0.2, 0.25) is 0 Å². The number of carbonyl (C=O) groups is 4. The largest absolute Gasteiger partial charge is 0.346 e. The molecule has 0 aromatic heterocycles. The summed E-state index contributed by atoms with van der Waals surface area (Å²) < 4.78 is 28.3. The van der Waals surface area contributed by atoms with Crippen LogP contribution in [-0.4, -0.2) is 81.5 Å². The summed E-state index contributed by atoms with van der Waals surface area (Å²) >= 11 is 0. The summed E-state index contributed by atoms with van der Waals surface area (Å²) in [6.45, 7) is 1.69. The number of hydrogen-bond acceptors (Lipinski definition) is 6. The Balaban J connectivity index is 1.40. The van der Waals surface area contributed by atoms with E-state index in [1.54, 1.807) is 24.1 Å². The van der Waals surface area contributed by atoms with E-state index in [2.05, 4.69) is 5.32 Å². The van der Waals surface area contributed by atoms with Crippen LogP contribution >= 0.6 is 8.38 Å². The number of likely N-dealkylation sites (N-methyl/N-ethyl adjacent to an activating group) is 1. The Morgan fingerprint density at radius 1 is 0.977 bits per heavy atom. The van der Waals surface area contributed by atoms with Gasteiger partial charge in [-0.25, -0.2) is 0 Å². The maximum Gasteiger partial charge on any atom is 0.339 e. The average molecular weight is 627 g/mol. The van der Waals surface area contributed by atoms with Crippen LogP contribution in [0.3, 0.4) is 0 Å². The third-order valence-electron chi connectivity index (χ3n) is 8.40. The van der Waals surface area contributed by atoms with Crippen LogP contribution in [0.15, 0.2) is 66.7 Å². The van der Waals surface area contributed by atoms with Crippen molar-refractivity contribution in [1.82, 2.24) is 15.1 Å². The number of fused-ring (bicyclic) bond motifs is 2. The lowest BCUT2D eigenvalue weighted by Gasteiger charge is -2.39. The van der Waals surface area contributed by atoms with E-state index in [1.165, 1.54) is 41.0 Å². The van der Waals surface area contributed by atoms with Crippen LogP contribution in [0.25, 0.3) is 10.8 Å². The molecular weight excluding hydrogens is 593 g/mol. The summed E-state index contributed by atoms with van der Waals surface area (Å²) in [6, 6.07) is 14.8. The fourth-order valence-electron chi connectivity index (χ4n) is 5.94. The smallest absolute Gasteiger partial charge is 0.339 e. The lowest BCUT2D eigenvalue weighted by Crippen LogP contribution is -2.61. The van der Waals surface area contributed by atoms with E-state index < -0.39 is 43.5 Å². The molecule has 2 saturated heterocycles. The number of anilines is 1. The van der Waals surface area contributed by atoms with Crippen molar-refractivity contribution in [1.29, 1.82) is 0 Å². The third-order valence-corrected chi connectivity index (χ3v) is 9.16. The van der Waals surface area contributed by atoms with Crippen molar-refractivity contribution in [2.45, 2.75) is 50.0 Å². The van der Waals surface area contributed by atoms with Crippen LogP contribution in [0.4, 0.5) is 14.5 Å². The second-order valence-electron chi connectivity index (χ2n) is 11.1. The van der Waals surface area contributed by atoms with E-state index in [4.69, 9.17) is 9.79 Å². The minimum absolute atomic E-state index is 0.0735. The van der Waals surface area contributed by atoms with Crippen molar-refractivity contribution in [3.8, 4) is 0 Å². The first kappa shape index (κ1) is 31.4. The van der Waals surface area contributed by atoms with E-state index >= 15 is 0 Å². The molecule has 44 heavy (non-hydrogen) atoms. The molecule has 3 atom stereocenters. The maximum absolute atomic E-state index is 14.1. The molecule has 10 nitrogen and oxygen atoms in total. The van der Waals surface area contributed by atoms with Gasteiger partial charge in [0.15, 0.2) is 0 Å². The number of carbonyl (C=O) groups excluding carboxylic acids is 4. The van der Waals surface area contributed by atoms with E-state index in [9.17, 15) is 28.0 Å². The molecule has 0 unspecified atom stereocenters. The first-order chi connectivity index (χ1) is 20.9. The van der Waals surface area contributed by atoms with Gasteiger partial charge in [0.05, 0.1) is 0 Å². The third kappa shape index (κ3) is 6.15. The highest BCUT2D eigenvalue weighted by Gasteiger charge is 2.46. The van der Waals surface area contributed by atoms with Gasteiger partial charge in [-0.1, -0.05) is 36.4 Å². The molecular formula is C31H33F2N4O6P. The molecule has 0 bridgehead atoms. The van der Waals surface area contributed by atoms with Gasteiger partial charge in [0.25, 0.3) is 5.91 Å². The molecule has 2 aliphatic rings. The van der Waals surface area contributed by atoms with Gasteiger partial charge in [-0.2, -0.15) is 8.78 Å². The summed E-state index contributed by atoms with van der Waals surface area (Å²) in [5.41, 5.74) is -3.54. The lowest BCUT2D eigenvalue weighted by atomic mass is 10.0. The van der Waals surface area contributed by atoms with E-state index in [0.29, 0.717) is 42.3 Å². The molecule has 2 heterocycles. The number of nitrogens with one attached hydrogen (secondary N) is 1. The number of para-hydroxylation sites is 1. The molecule has 2 fully saturated rings. The van der Waals surface area contributed by atoms with E-state index in [0.717, 1.165) is 12.1 Å². The van der Waals surface area contributed by atoms with Crippen LogP contribution in [0.5, 0.6) is 0 Å². The summed E-state index contributed by atoms with van der Waals surface area (Å²) in [7, 11) is -1.87. The average Bonchev–Trinajstić information content (AvgIpc) is 3.43. The Morgan fingerprint density at radius 2 is 1.66 bits per heavy atom. The molecule has 5 rings (SSSR count). The van der Waals surface area contributed by atoms with Crippen molar-refractivity contribution in [2.75, 3.05) is 25.0 Å². The molecule has 3 aromatic carbocycles. The maximum atomic E-state index is 14.1. The minimum Gasteiger partial charge on any atom is -0.346 e. The predicted octanol–water partition coefficient (Wildman–Crippen LogP) is 3.56. The molecule has 0 radical (unpaired) electrons. The predicted molar refractivity (Wildman–Crippen MR) is 161 cm³/mol. The van der Waals surface area contributed by atoms with Crippen molar-refractivity contribution < 1.29 is 37.7 Å². The van der Waals surface area contributed by atoms with Gasteiger partial charge in [-0.15, -0.1) is 0 Å². The zero-order chi connectivity index (χ0) is 31.8. The Hall–Kier alpha value is -3.99. The fraction of sp³-hybridized carbons (Fsp3) is 0.355. The summed E-state index contributed by atoms with van der Waals surface area (Å²) in [4.78, 5) is 76.4. The van der Waals surface area contributed by atoms with Gasteiger partial charge in [0.2, 0.25) is 26.1 Å². The Bertz CT molecular complexity index is 1590. The molecule has 0 spiro atoms. The normalized spacial score (nSPS) is 20.7. The Labute approximate surface area is 254 Å². The Morgan fingerprint density at radius 3 is 2.34 bits per heavy atom. The molecule has 2 aliphatic heterocycles. The highest BCUT2D eigenvalue weighted by molar-refractivity contribution is 7.46. The number of benzene rings is 3. The molecule has 13 heteroatoms. The molecule has 0 aliphatic carbocycles. The van der Waals surface area contributed by atoms with Gasteiger partial charge in [-0.05, 0) is 60.4 Å². The number of alkyl halides is 2. The van der Waals surface area contributed by atoms with E-state index in [1.807, 2.05) is 18.2 Å². The monoisotopic (exact) mass is 626 g/mol. The molecule has 3 N–H and O–H groups in total. The van der Waals surface area contributed by atoms with Gasteiger partial charge >= 0.3 is 5.66 Å². The highest BCUT2D eigenvalue weighted by atomic mass is 31.2. The van der Waals surface area contributed by atoms with Crippen molar-refractivity contribution >= 4 is 48.5 Å². The summed E-state index contributed by atoms with van der Waals surface area (Å²) in [6.07, 6.45) is 1.54. The zero-order valence-corrected chi connectivity index (χ0v) is 25.1. The van der Waals surface area contributed by atoms with Crippen LogP contribution < -0.4 is 10.2 Å². The second kappa shape index (κ2) is 12.6. The minimum atomic E-state index is -3.82. The number of halogens is 2. The van der Waals surface area contributed by atoms with E-state index in [-0.39, 0.29) is 30.0 Å². The number of nitrogens with zero attached hydrogens (tertiary/aromatic N) is 3. The number of hydrogen-bond donors (Lipinski definition) is 3. The van der Waals surface area contributed by atoms with Gasteiger partial charge in [0.1, 0.15) is 12.1 Å². The molecule has 0 saturated carbocycles. The summed E-state index contributed by atoms with van der Waals surface area (Å²) in [5, 5.41) is 3.55. The zero-order valence-electron chi connectivity index (χ0n) is 24.2. The number of amides is 4.